The van der Waals surface area contributed by atoms with E-state index in [1.54, 1.807) is 23.1 Å². The van der Waals surface area contributed by atoms with Crippen molar-refractivity contribution in [3.05, 3.63) is 63.7 Å². The first-order chi connectivity index (χ1) is 19.0. The maximum absolute atomic E-state index is 13.4. The van der Waals surface area contributed by atoms with Crippen molar-refractivity contribution in [2.24, 2.45) is 0 Å². The van der Waals surface area contributed by atoms with Crippen LogP contribution in [-0.2, 0) is 14.8 Å². The van der Waals surface area contributed by atoms with Crippen LogP contribution in [0.15, 0.2) is 40.9 Å². The number of hydrogen-bond donors (Lipinski definition) is 0. The minimum atomic E-state index is -3.34. The Morgan fingerprint density at radius 1 is 1.05 bits per heavy atom. The molecule has 2 atom stereocenters. The summed E-state index contributed by atoms with van der Waals surface area (Å²) in [5, 5.41) is 4.88. The summed E-state index contributed by atoms with van der Waals surface area (Å²) in [6.07, 6.45) is 3.72. The van der Waals surface area contributed by atoms with Gasteiger partial charge in [0.2, 0.25) is 15.9 Å². The number of halogens is 2. The van der Waals surface area contributed by atoms with E-state index < -0.39 is 10.0 Å². The summed E-state index contributed by atoms with van der Waals surface area (Å²) in [5.41, 5.74) is 4.95. The van der Waals surface area contributed by atoms with Crippen molar-refractivity contribution in [1.82, 2.24) is 19.0 Å². The van der Waals surface area contributed by atoms with Gasteiger partial charge in [-0.1, -0.05) is 34.4 Å². The van der Waals surface area contributed by atoms with Crippen LogP contribution >= 0.6 is 23.2 Å². The molecular weight excluding hydrogens is 573 g/mol. The fourth-order valence-electron chi connectivity index (χ4n) is 6.08. The molecule has 40 heavy (non-hydrogen) atoms. The Hall–Kier alpha value is -2.92. The van der Waals surface area contributed by atoms with Gasteiger partial charge in [-0.2, -0.15) is 0 Å². The zero-order chi connectivity index (χ0) is 28.3. The fourth-order valence-corrected chi connectivity index (χ4v) is 7.26. The second-order valence-corrected chi connectivity index (χ2v) is 13.4. The van der Waals surface area contributed by atoms with E-state index in [0.29, 0.717) is 48.1 Å². The Morgan fingerprint density at radius 3 is 2.52 bits per heavy atom. The van der Waals surface area contributed by atoms with E-state index in [0.717, 1.165) is 45.9 Å². The smallest absolute Gasteiger partial charge is 0.227 e. The van der Waals surface area contributed by atoms with Gasteiger partial charge in [-0.05, 0) is 69.0 Å². The summed E-state index contributed by atoms with van der Waals surface area (Å²) in [7, 11) is -3.34. The van der Waals surface area contributed by atoms with Crippen molar-refractivity contribution >= 4 is 55.9 Å². The number of anilines is 1. The van der Waals surface area contributed by atoms with Crippen LogP contribution in [0.25, 0.3) is 22.2 Å². The first-order valence-electron chi connectivity index (χ1n) is 13.2. The summed E-state index contributed by atoms with van der Waals surface area (Å²) >= 11 is 12.5. The normalized spacial score (nSPS) is 20.6. The zero-order valence-corrected chi connectivity index (χ0v) is 24.7. The lowest BCUT2D eigenvalue weighted by Crippen LogP contribution is -2.40. The van der Waals surface area contributed by atoms with Crippen LogP contribution in [0.1, 0.15) is 55.0 Å². The number of fused-ring (bicyclic) bond motifs is 1. The Bertz CT molecular complexity index is 1730. The first kappa shape index (κ1) is 27.3. The number of nitrogens with zero attached hydrogens (tertiary/aromatic N) is 5. The highest BCUT2D eigenvalue weighted by Gasteiger charge is 2.38. The molecule has 4 aromatic rings. The van der Waals surface area contributed by atoms with Gasteiger partial charge in [0.15, 0.2) is 0 Å². The molecule has 1 amide bonds. The summed E-state index contributed by atoms with van der Waals surface area (Å²) < 4.78 is 33.8. The molecule has 9 nitrogen and oxygen atoms in total. The number of rotatable bonds is 5. The number of piperidine rings is 1. The molecule has 0 spiro atoms. The predicted molar refractivity (Wildman–Crippen MR) is 155 cm³/mol. The summed E-state index contributed by atoms with van der Waals surface area (Å²) in [6, 6.07) is 10.8. The van der Waals surface area contributed by atoms with E-state index in [9.17, 15) is 13.2 Å². The van der Waals surface area contributed by atoms with Crippen molar-refractivity contribution < 1.29 is 17.7 Å². The Balaban J connectivity index is 1.52. The third-order valence-electron chi connectivity index (χ3n) is 7.93. The van der Waals surface area contributed by atoms with Crippen LogP contribution in [0.2, 0.25) is 10.0 Å². The SMILES string of the molecule is Cc1noc(C)c1-c1ccc2c(c1)nc([C@@H]1CCCC(=O)N1c1ccc(Cl)c(Cl)c1)n2[C@@H]1CCN(S(C)(=O)=O)C1. The summed E-state index contributed by atoms with van der Waals surface area (Å²) in [6.45, 7) is 4.56. The van der Waals surface area contributed by atoms with Gasteiger partial charge in [0.25, 0.3) is 0 Å². The Kier molecular flexibility index (Phi) is 6.93. The molecule has 2 saturated heterocycles. The standard InChI is InChI=1S/C28H29Cl2N5O4S/c1-16-27(17(2)39-32-16)18-7-10-24-23(13-18)31-28(35(24)20-11-12-33(15-20)40(3,37)38)25-5-4-6-26(36)34(25)19-8-9-21(29)22(30)14-19/h7-10,13-14,20,25H,4-6,11-12,15H2,1-3H3/t20-,25+/m1/s1. The van der Waals surface area contributed by atoms with Crippen LogP contribution in [-0.4, -0.2) is 52.7 Å². The lowest BCUT2D eigenvalue weighted by Gasteiger charge is -2.36. The highest BCUT2D eigenvalue weighted by Crippen LogP contribution is 2.41. The Labute approximate surface area is 242 Å². The second kappa shape index (κ2) is 10.2. The number of carbonyl (C=O) groups excluding carboxylic acids is 1. The highest BCUT2D eigenvalue weighted by molar-refractivity contribution is 7.88. The van der Waals surface area contributed by atoms with Gasteiger partial charge in [-0.3, -0.25) is 4.79 Å². The second-order valence-electron chi connectivity index (χ2n) is 10.6. The number of amides is 1. The molecule has 6 rings (SSSR count). The molecule has 0 radical (unpaired) electrons. The number of aryl methyl sites for hydroxylation is 2. The lowest BCUT2D eigenvalue weighted by atomic mass is 9.99. The minimum absolute atomic E-state index is 0.0196. The molecule has 2 aliphatic heterocycles. The van der Waals surface area contributed by atoms with E-state index in [-0.39, 0.29) is 18.0 Å². The number of benzene rings is 2. The Morgan fingerprint density at radius 2 is 1.85 bits per heavy atom. The van der Waals surface area contributed by atoms with Crippen molar-refractivity contribution in [2.75, 3.05) is 24.2 Å². The third-order valence-corrected chi connectivity index (χ3v) is 9.94. The maximum atomic E-state index is 13.4. The maximum Gasteiger partial charge on any atom is 0.227 e. The van der Waals surface area contributed by atoms with Crippen molar-refractivity contribution in [3.63, 3.8) is 0 Å². The molecule has 0 aliphatic carbocycles. The number of hydrogen-bond acceptors (Lipinski definition) is 6. The molecule has 4 heterocycles. The molecule has 2 aromatic heterocycles. The molecule has 2 aromatic carbocycles. The molecule has 0 bridgehead atoms. The first-order valence-corrected chi connectivity index (χ1v) is 15.8. The van der Waals surface area contributed by atoms with Crippen molar-refractivity contribution in [2.45, 2.75) is 51.6 Å². The molecule has 2 fully saturated rings. The molecule has 12 heteroatoms. The van der Waals surface area contributed by atoms with Crippen LogP contribution in [0.3, 0.4) is 0 Å². The number of sulfonamides is 1. The number of aromatic nitrogens is 3. The van der Waals surface area contributed by atoms with Crippen LogP contribution in [0.4, 0.5) is 5.69 Å². The molecule has 0 unspecified atom stereocenters. The van der Waals surface area contributed by atoms with Crippen LogP contribution in [0.5, 0.6) is 0 Å². The van der Waals surface area contributed by atoms with E-state index in [1.165, 1.54) is 10.6 Å². The van der Waals surface area contributed by atoms with E-state index >= 15 is 0 Å². The number of carbonyl (C=O) groups is 1. The van der Waals surface area contributed by atoms with Crippen LogP contribution < -0.4 is 4.90 Å². The third kappa shape index (κ3) is 4.70. The van der Waals surface area contributed by atoms with Crippen molar-refractivity contribution in [1.29, 1.82) is 0 Å². The average Bonchev–Trinajstić information content (AvgIpc) is 3.62. The zero-order valence-electron chi connectivity index (χ0n) is 22.4. The van der Waals surface area contributed by atoms with Gasteiger partial charge in [0, 0.05) is 30.8 Å². The summed E-state index contributed by atoms with van der Waals surface area (Å²) in [5.74, 6) is 1.43. The molecule has 210 valence electrons. The van der Waals surface area contributed by atoms with Gasteiger partial charge < -0.3 is 14.0 Å². The van der Waals surface area contributed by atoms with Crippen molar-refractivity contribution in [3.8, 4) is 11.1 Å². The molecular formula is C28H29Cl2N5O4S. The van der Waals surface area contributed by atoms with Gasteiger partial charge in [0.1, 0.15) is 11.6 Å². The number of imidazole rings is 1. The molecule has 0 N–H and O–H groups in total. The van der Waals surface area contributed by atoms with E-state index in [2.05, 4.69) is 9.72 Å². The summed E-state index contributed by atoms with van der Waals surface area (Å²) in [4.78, 5) is 20.3. The van der Waals surface area contributed by atoms with Gasteiger partial charge >= 0.3 is 0 Å². The monoisotopic (exact) mass is 601 g/mol. The molecule has 0 saturated carbocycles. The molecule has 2 aliphatic rings. The predicted octanol–water partition coefficient (Wildman–Crippen LogP) is 6.08. The average molecular weight is 603 g/mol. The van der Waals surface area contributed by atoms with Crippen LogP contribution in [0, 0.1) is 13.8 Å². The quantitative estimate of drug-likeness (QED) is 0.275. The van der Waals surface area contributed by atoms with E-state index in [4.69, 9.17) is 32.7 Å². The van der Waals surface area contributed by atoms with E-state index in [1.807, 2.05) is 32.0 Å². The minimum Gasteiger partial charge on any atom is -0.361 e. The largest absolute Gasteiger partial charge is 0.361 e. The van der Waals surface area contributed by atoms with Gasteiger partial charge in [-0.25, -0.2) is 17.7 Å². The lowest BCUT2D eigenvalue weighted by molar-refractivity contribution is -0.120. The highest BCUT2D eigenvalue weighted by atomic mass is 35.5. The fraction of sp³-hybridized carbons (Fsp3) is 0.393. The van der Waals surface area contributed by atoms with Gasteiger partial charge in [-0.15, -0.1) is 0 Å². The topological polar surface area (TPSA) is 102 Å². The van der Waals surface area contributed by atoms with Gasteiger partial charge in [0.05, 0.1) is 45.1 Å².